The molecule has 1 rings (SSSR count). The predicted molar refractivity (Wildman–Crippen MR) is 41.9 cm³/mol. The SMILES string of the molecule is Nc1c(O)ccc(O)c1Br. The minimum absolute atomic E-state index is 0.0234. The minimum atomic E-state index is -0.0373. The van der Waals surface area contributed by atoms with Gasteiger partial charge < -0.3 is 15.9 Å². The molecular formula is C6H6BrNO2. The van der Waals surface area contributed by atoms with E-state index in [2.05, 4.69) is 15.9 Å². The van der Waals surface area contributed by atoms with Crippen molar-refractivity contribution in [3.8, 4) is 11.5 Å². The zero-order chi connectivity index (χ0) is 7.72. The van der Waals surface area contributed by atoms with Gasteiger partial charge in [0.05, 0.1) is 10.2 Å². The highest BCUT2D eigenvalue weighted by atomic mass is 79.9. The summed E-state index contributed by atoms with van der Waals surface area (Å²) in [4.78, 5) is 0. The number of benzene rings is 1. The fraction of sp³-hybridized carbons (Fsp3) is 0. The molecule has 0 spiro atoms. The van der Waals surface area contributed by atoms with Gasteiger partial charge in [-0.3, -0.25) is 0 Å². The van der Waals surface area contributed by atoms with Crippen LogP contribution < -0.4 is 5.73 Å². The highest BCUT2D eigenvalue weighted by molar-refractivity contribution is 9.10. The van der Waals surface area contributed by atoms with Crippen LogP contribution in [0.4, 0.5) is 5.69 Å². The van der Waals surface area contributed by atoms with E-state index in [0.29, 0.717) is 4.47 Å². The Morgan fingerprint density at radius 1 is 1.20 bits per heavy atom. The molecule has 0 aliphatic rings. The van der Waals surface area contributed by atoms with Crippen LogP contribution in [-0.4, -0.2) is 10.2 Å². The Bertz CT molecular complexity index is 235. The van der Waals surface area contributed by atoms with Crippen molar-refractivity contribution in [2.24, 2.45) is 0 Å². The van der Waals surface area contributed by atoms with Crippen molar-refractivity contribution in [2.45, 2.75) is 0 Å². The summed E-state index contributed by atoms with van der Waals surface area (Å²) in [6, 6.07) is 2.69. The molecule has 0 atom stereocenters. The lowest BCUT2D eigenvalue weighted by Gasteiger charge is -2.01. The van der Waals surface area contributed by atoms with E-state index in [1.165, 1.54) is 12.1 Å². The molecular weight excluding hydrogens is 198 g/mol. The first-order chi connectivity index (χ1) is 4.63. The van der Waals surface area contributed by atoms with Gasteiger partial charge in [0.1, 0.15) is 11.5 Å². The lowest BCUT2D eigenvalue weighted by molar-refractivity contribution is 0.459. The molecule has 3 nitrogen and oxygen atoms in total. The third kappa shape index (κ3) is 1.02. The van der Waals surface area contributed by atoms with Gasteiger partial charge in [0.15, 0.2) is 0 Å². The molecule has 4 heteroatoms. The molecule has 0 radical (unpaired) electrons. The van der Waals surface area contributed by atoms with E-state index < -0.39 is 0 Å². The van der Waals surface area contributed by atoms with Crippen LogP contribution in [0.25, 0.3) is 0 Å². The first-order valence-electron chi connectivity index (χ1n) is 2.59. The van der Waals surface area contributed by atoms with E-state index >= 15 is 0 Å². The van der Waals surface area contributed by atoms with Crippen LogP contribution in [0.2, 0.25) is 0 Å². The summed E-state index contributed by atoms with van der Waals surface area (Å²) >= 11 is 2.99. The minimum Gasteiger partial charge on any atom is -0.507 e. The van der Waals surface area contributed by atoms with Crippen molar-refractivity contribution in [3.05, 3.63) is 16.6 Å². The summed E-state index contributed by atoms with van der Waals surface area (Å²) in [5, 5.41) is 17.9. The molecule has 0 saturated carbocycles. The monoisotopic (exact) mass is 203 g/mol. The zero-order valence-corrected chi connectivity index (χ0v) is 6.59. The number of nitrogen functional groups attached to an aromatic ring is 1. The molecule has 0 heterocycles. The number of halogens is 1. The topological polar surface area (TPSA) is 66.5 Å². The van der Waals surface area contributed by atoms with Crippen LogP contribution in [0.5, 0.6) is 11.5 Å². The van der Waals surface area contributed by atoms with Gasteiger partial charge in [0.2, 0.25) is 0 Å². The lowest BCUT2D eigenvalue weighted by atomic mass is 10.3. The summed E-state index contributed by atoms with van der Waals surface area (Å²) in [5.74, 6) is -0.0139. The molecule has 0 aromatic heterocycles. The Morgan fingerprint density at radius 3 is 2.20 bits per heavy atom. The van der Waals surface area contributed by atoms with Crippen molar-refractivity contribution < 1.29 is 10.2 Å². The first kappa shape index (κ1) is 7.21. The third-order valence-corrected chi connectivity index (χ3v) is 1.97. The quantitative estimate of drug-likeness (QED) is 0.340. The number of phenols is 2. The molecule has 4 N–H and O–H groups in total. The van der Waals surface area contributed by atoms with Gasteiger partial charge in [-0.15, -0.1) is 0 Å². The number of phenolic OH excluding ortho intramolecular Hbond substituents is 2. The highest BCUT2D eigenvalue weighted by Gasteiger charge is 2.04. The van der Waals surface area contributed by atoms with E-state index in [1.54, 1.807) is 0 Å². The van der Waals surface area contributed by atoms with Crippen LogP contribution in [0.1, 0.15) is 0 Å². The maximum absolute atomic E-state index is 8.99. The smallest absolute Gasteiger partial charge is 0.139 e. The number of hydrogen-bond donors (Lipinski definition) is 3. The predicted octanol–water partition coefficient (Wildman–Crippen LogP) is 1.44. The number of anilines is 1. The van der Waals surface area contributed by atoms with Crippen LogP contribution >= 0.6 is 15.9 Å². The summed E-state index contributed by atoms with van der Waals surface area (Å²) in [5.41, 5.74) is 5.48. The molecule has 0 fully saturated rings. The van der Waals surface area contributed by atoms with Crippen molar-refractivity contribution in [1.82, 2.24) is 0 Å². The van der Waals surface area contributed by atoms with Crippen LogP contribution in [0, 0.1) is 0 Å². The van der Waals surface area contributed by atoms with E-state index in [0.717, 1.165) is 0 Å². The zero-order valence-electron chi connectivity index (χ0n) is 5.00. The normalized spacial score (nSPS) is 9.70. The summed E-state index contributed by atoms with van der Waals surface area (Å²) in [6.45, 7) is 0. The second-order valence-corrected chi connectivity index (χ2v) is 2.62. The van der Waals surface area contributed by atoms with E-state index in [1.807, 2.05) is 0 Å². The lowest BCUT2D eigenvalue weighted by Crippen LogP contribution is -1.86. The number of nitrogens with two attached hydrogens (primary N) is 1. The molecule has 1 aromatic carbocycles. The van der Waals surface area contributed by atoms with Crippen molar-refractivity contribution in [2.75, 3.05) is 5.73 Å². The number of aromatic hydroxyl groups is 2. The van der Waals surface area contributed by atoms with Crippen LogP contribution in [0.3, 0.4) is 0 Å². The Morgan fingerprint density at radius 2 is 1.70 bits per heavy atom. The van der Waals surface area contributed by atoms with Crippen molar-refractivity contribution in [3.63, 3.8) is 0 Å². The molecule has 0 aliphatic carbocycles. The number of rotatable bonds is 0. The van der Waals surface area contributed by atoms with Crippen LogP contribution in [-0.2, 0) is 0 Å². The summed E-state index contributed by atoms with van der Waals surface area (Å²) < 4.78 is 0.326. The standard InChI is InChI=1S/C6H6BrNO2/c7-5-3(9)1-2-4(10)6(5)8/h1-2,9-10H,8H2. The summed E-state index contributed by atoms with van der Waals surface area (Å²) in [6.07, 6.45) is 0. The molecule has 10 heavy (non-hydrogen) atoms. The molecule has 54 valence electrons. The van der Waals surface area contributed by atoms with Gasteiger partial charge in [-0.05, 0) is 28.1 Å². The fourth-order valence-electron chi connectivity index (χ4n) is 0.571. The summed E-state index contributed by atoms with van der Waals surface area (Å²) in [7, 11) is 0. The maximum atomic E-state index is 8.99. The first-order valence-corrected chi connectivity index (χ1v) is 3.38. The second kappa shape index (κ2) is 2.38. The molecule has 0 unspecified atom stereocenters. The van der Waals surface area contributed by atoms with Gasteiger partial charge in [-0.1, -0.05) is 0 Å². The van der Waals surface area contributed by atoms with Crippen LogP contribution in [0.15, 0.2) is 16.6 Å². The molecule has 0 saturated heterocycles. The van der Waals surface area contributed by atoms with Gasteiger partial charge in [-0.25, -0.2) is 0 Å². The number of hydrogen-bond acceptors (Lipinski definition) is 3. The Labute approximate surface area is 66.2 Å². The molecule has 0 bridgehead atoms. The second-order valence-electron chi connectivity index (χ2n) is 1.83. The Hall–Kier alpha value is -0.900. The van der Waals surface area contributed by atoms with Gasteiger partial charge in [0, 0.05) is 0 Å². The van der Waals surface area contributed by atoms with Crippen molar-refractivity contribution >= 4 is 21.6 Å². The highest BCUT2D eigenvalue weighted by Crippen LogP contribution is 2.35. The largest absolute Gasteiger partial charge is 0.507 e. The third-order valence-electron chi connectivity index (χ3n) is 1.14. The fourth-order valence-corrected chi connectivity index (χ4v) is 0.907. The maximum Gasteiger partial charge on any atom is 0.139 e. The Balaban J connectivity index is 3.34. The van der Waals surface area contributed by atoms with Gasteiger partial charge >= 0.3 is 0 Å². The van der Waals surface area contributed by atoms with E-state index in [-0.39, 0.29) is 17.2 Å². The van der Waals surface area contributed by atoms with E-state index in [4.69, 9.17) is 15.9 Å². The average molecular weight is 204 g/mol. The van der Waals surface area contributed by atoms with Crippen molar-refractivity contribution in [1.29, 1.82) is 0 Å². The molecule has 0 aliphatic heterocycles. The van der Waals surface area contributed by atoms with Gasteiger partial charge in [-0.2, -0.15) is 0 Å². The average Bonchev–Trinajstić information content (AvgIpc) is 1.93. The molecule has 0 amide bonds. The molecule has 1 aromatic rings. The van der Waals surface area contributed by atoms with E-state index in [9.17, 15) is 0 Å². The van der Waals surface area contributed by atoms with Gasteiger partial charge in [0.25, 0.3) is 0 Å². The Kier molecular flexibility index (Phi) is 1.72.